The summed E-state index contributed by atoms with van der Waals surface area (Å²) in [4.78, 5) is 19.7. The number of unbranched alkanes of at least 4 members (excludes halogenated alkanes) is 1. The second-order valence-corrected chi connectivity index (χ2v) is 8.34. The average Bonchev–Trinajstić information content (AvgIpc) is 2.80. The number of aromatic nitrogens is 2. The molecule has 0 saturated heterocycles. The molecule has 33 heavy (non-hydrogen) atoms. The van der Waals surface area contributed by atoms with Gasteiger partial charge in [0, 0.05) is 17.1 Å². The van der Waals surface area contributed by atoms with E-state index in [1.165, 1.54) is 6.07 Å². The molecule has 3 rings (SSSR count). The number of rotatable bonds is 14. The Balaban J connectivity index is 1.49. The van der Waals surface area contributed by atoms with Crippen LogP contribution in [0.5, 0.6) is 0 Å². The number of halogens is 2. The Morgan fingerprint density at radius 1 is 0.970 bits per heavy atom. The Morgan fingerprint density at radius 2 is 1.70 bits per heavy atom. The molecule has 0 spiro atoms. The van der Waals surface area contributed by atoms with Crippen molar-refractivity contribution in [1.29, 1.82) is 0 Å². The van der Waals surface area contributed by atoms with Crippen molar-refractivity contribution in [3.05, 3.63) is 57.6 Å². The van der Waals surface area contributed by atoms with Crippen LogP contribution in [0.4, 0.5) is 10.1 Å². The summed E-state index contributed by atoms with van der Waals surface area (Å²) in [6, 6.07) is 9.88. The van der Waals surface area contributed by atoms with Crippen molar-refractivity contribution in [3.8, 4) is 11.4 Å². The maximum absolute atomic E-state index is 14.5. The first-order valence-electron chi connectivity index (χ1n) is 11.4. The standard InChI is InChI=1S/C24H32ClFN6O/c25-18-7-3-6-17(14-18)23-31-21-16-22(20(26)15-19(21)24(33)32-23)30-13-5-12-29-10-2-1-9-28-11-4-8-27/h3,6-7,14-16,28-30H,1-2,4-5,8-13,27H2,(H,31,32,33). The summed E-state index contributed by atoms with van der Waals surface area (Å²) in [6.07, 6.45) is 4.10. The minimum Gasteiger partial charge on any atom is -0.383 e. The van der Waals surface area contributed by atoms with Crippen LogP contribution in [-0.2, 0) is 0 Å². The van der Waals surface area contributed by atoms with Gasteiger partial charge in [-0.2, -0.15) is 0 Å². The van der Waals surface area contributed by atoms with Crippen molar-refractivity contribution in [2.75, 3.05) is 44.6 Å². The summed E-state index contributed by atoms with van der Waals surface area (Å²) in [6.45, 7) is 5.14. The monoisotopic (exact) mass is 474 g/mol. The van der Waals surface area contributed by atoms with Gasteiger partial charge >= 0.3 is 0 Å². The lowest BCUT2D eigenvalue weighted by Gasteiger charge is -2.10. The van der Waals surface area contributed by atoms with Crippen molar-refractivity contribution in [1.82, 2.24) is 20.6 Å². The lowest BCUT2D eigenvalue weighted by atomic mass is 10.1. The van der Waals surface area contributed by atoms with Gasteiger partial charge in [-0.3, -0.25) is 4.79 Å². The summed E-state index contributed by atoms with van der Waals surface area (Å²) in [5, 5.41) is 10.6. The Bertz CT molecular complexity index is 1090. The van der Waals surface area contributed by atoms with E-state index in [0.29, 0.717) is 34.2 Å². The van der Waals surface area contributed by atoms with Gasteiger partial charge in [0.25, 0.3) is 5.56 Å². The summed E-state index contributed by atoms with van der Waals surface area (Å²) >= 11 is 6.05. The summed E-state index contributed by atoms with van der Waals surface area (Å²) < 4.78 is 14.5. The van der Waals surface area contributed by atoms with Gasteiger partial charge in [0.2, 0.25) is 0 Å². The number of nitrogens with zero attached hydrogens (tertiary/aromatic N) is 1. The summed E-state index contributed by atoms with van der Waals surface area (Å²) in [5.74, 6) is -0.0771. The van der Waals surface area contributed by atoms with Crippen LogP contribution in [0, 0.1) is 5.82 Å². The normalized spacial score (nSPS) is 11.2. The topological polar surface area (TPSA) is 108 Å². The van der Waals surface area contributed by atoms with E-state index in [-0.39, 0.29) is 10.9 Å². The van der Waals surface area contributed by atoms with Gasteiger partial charge in [-0.25, -0.2) is 9.37 Å². The third-order valence-electron chi connectivity index (χ3n) is 5.25. The SMILES string of the molecule is NCCCNCCCCNCCCNc1cc2nc(-c3cccc(Cl)c3)[nH]c(=O)c2cc1F. The molecule has 1 heterocycles. The molecular weight excluding hydrogens is 443 g/mol. The second kappa shape index (κ2) is 13.3. The molecule has 0 bridgehead atoms. The molecule has 0 amide bonds. The number of anilines is 1. The van der Waals surface area contributed by atoms with Crippen molar-refractivity contribution >= 4 is 28.2 Å². The van der Waals surface area contributed by atoms with Crippen LogP contribution in [0.1, 0.15) is 25.7 Å². The first kappa shape index (κ1) is 25.1. The molecule has 0 saturated carbocycles. The molecule has 0 radical (unpaired) electrons. The highest BCUT2D eigenvalue weighted by Crippen LogP contribution is 2.23. The predicted molar refractivity (Wildman–Crippen MR) is 135 cm³/mol. The third-order valence-corrected chi connectivity index (χ3v) is 5.49. The van der Waals surface area contributed by atoms with Gasteiger partial charge < -0.3 is 26.7 Å². The second-order valence-electron chi connectivity index (χ2n) is 7.90. The molecule has 1 aromatic heterocycles. The molecule has 7 nitrogen and oxygen atoms in total. The van der Waals surface area contributed by atoms with Crippen LogP contribution < -0.4 is 27.2 Å². The first-order chi connectivity index (χ1) is 16.1. The molecular formula is C24H32ClFN6O. The number of nitrogens with two attached hydrogens (primary N) is 1. The molecule has 0 aliphatic rings. The summed E-state index contributed by atoms with van der Waals surface area (Å²) in [5.41, 5.74) is 6.52. The maximum atomic E-state index is 14.5. The smallest absolute Gasteiger partial charge is 0.259 e. The van der Waals surface area contributed by atoms with Crippen molar-refractivity contribution in [2.45, 2.75) is 25.7 Å². The number of hydrogen-bond acceptors (Lipinski definition) is 6. The Hall–Kier alpha value is -2.52. The Morgan fingerprint density at radius 3 is 2.42 bits per heavy atom. The number of fused-ring (bicyclic) bond motifs is 1. The molecule has 9 heteroatoms. The molecule has 0 fully saturated rings. The lowest BCUT2D eigenvalue weighted by Crippen LogP contribution is -2.22. The van der Waals surface area contributed by atoms with E-state index >= 15 is 0 Å². The third kappa shape index (κ3) is 7.78. The lowest BCUT2D eigenvalue weighted by molar-refractivity contribution is 0.571. The van der Waals surface area contributed by atoms with Gasteiger partial charge in [0.1, 0.15) is 11.6 Å². The van der Waals surface area contributed by atoms with Crippen LogP contribution in [0.15, 0.2) is 41.2 Å². The van der Waals surface area contributed by atoms with Gasteiger partial charge in [0.15, 0.2) is 0 Å². The van der Waals surface area contributed by atoms with Crippen LogP contribution >= 0.6 is 11.6 Å². The number of nitrogens with one attached hydrogen (secondary N) is 4. The molecule has 6 N–H and O–H groups in total. The highest BCUT2D eigenvalue weighted by molar-refractivity contribution is 6.30. The van der Waals surface area contributed by atoms with Crippen LogP contribution in [0.25, 0.3) is 22.3 Å². The first-order valence-corrected chi connectivity index (χ1v) is 11.8. The molecule has 2 aromatic carbocycles. The minimum absolute atomic E-state index is 0.211. The molecule has 0 atom stereocenters. The maximum Gasteiger partial charge on any atom is 0.259 e. The quantitative estimate of drug-likeness (QED) is 0.229. The van der Waals surface area contributed by atoms with Crippen molar-refractivity contribution < 1.29 is 4.39 Å². The van der Waals surface area contributed by atoms with Gasteiger partial charge in [-0.05, 0) is 82.7 Å². The van der Waals surface area contributed by atoms with Crippen LogP contribution in [0.3, 0.4) is 0 Å². The molecule has 0 unspecified atom stereocenters. The van der Waals surface area contributed by atoms with Crippen molar-refractivity contribution in [2.24, 2.45) is 5.73 Å². The highest BCUT2D eigenvalue weighted by atomic mass is 35.5. The van der Waals surface area contributed by atoms with E-state index in [0.717, 1.165) is 58.4 Å². The zero-order valence-corrected chi connectivity index (χ0v) is 19.5. The van der Waals surface area contributed by atoms with Gasteiger partial charge in [0.05, 0.1) is 16.6 Å². The van der Waals surface area contributed by atoms with E-state index in [2.05, 4.69) is 25.9 Å². The van der Waals surface area contributed by atoms with E-state index in [1.807, 2.05) is 6.07 Å². The van der Waals surface area contributed by atoms with E-state index in [4.69, 9.17) is 17.3 Å². The number of H-pyrrole nitrogens is 1. The minimum atomic E-state index is -0.472. The summed E-state index contributed by atoms with van der Waals surface area (Å²) in [7, 11) is 0. The zero-order chi connectivity index (χ0) is 23.5. The number of benzene rings is 2. The zero-order valence-electron chi connectivity index (χ0n) is 18.7. The molecule has 178 valence electrons. The van der Waals surface area contributed by atoms with E-state index in [1.54, 1.807) is 24.3 Å². The van der Waals surface area contributed by atoms with E-state index < -0.39 is 5.82 Å². The molecule has 0 aliphatic carbocycles. The number of hydrogen-bond donors (Lipinski definition) is 5. The van der Waals surface area contributed by atoms with Crippen LogP contribution in [0.2, 0.25) is 5.02 Å². The van der Waals surface area contributed by atoms with Gasteiger partial charge in [-0.1, -0.05) is 23.7 Å². The van der Waals surface area contributed by atoms with Gasteiger partial charge in [-0.15, -0.1) is 0 Å². The Labute approximate surface area is 198 Å². The fourth-order valence-electron chi connectivity index (χ4n) is 3.48. The molecule has 3 aromatic rings. The van der Waals surface area contributed by atoms with Crippen molar-refractivity contribution in [3.63, 3.8) is 0 Å². The molecule has 0 aliphatic heterocycles. The number of aromatic amines is 1. The highest BCUT2D eigenvalue weighted by Gasteiger charge is 2.11. The average molecular weight is 475 g/mol. The fraction of sp³-hybridized carbons (Fsp3) is 0.417. The predicted octanol–water partition coefficient (Wildman–Crippen LogP) is 3.49. The van der Waals surface area contributed by atoms with E-state index in [9.17, 15) is 9.18 Å². The largest absolute Gasteiger partial charge is 0.383 e. The Kier molecular flexibility index (Phi) is 10.1. The van der Waals surface area contributed by atoms with Crippen LogP contribution in [-0.4, -0.2) is 49.2 Å². The fourth-order valence-corrected chi connectivity index (χ4v) is 3.67.